The Morgan fingerprint density at radius 1 is 1.25 bits per heavy atom. The molecule has 1 aromatic heterocycles. The van der Waals surface area contributed by atoms with Crippen LogP contribution in [0.4, 0.5) is 4.39 Å². The van der Waals surface area contributed by atoms with Crippen molar-refractivity contribution in [2.45, 2.75) is 25.8 Å². The summed E-state index contributed by atoms with van der Waals surface area (Å²) in [6, 6.07) is 6.43. The fraction of sp³-hybridized carbons (Fsp3) is 0.312. The Balaban J connectivity index is 1.80. The molecule has 2 rings (SSSR count). The van der Waals surface area contributed by atoms with Crippen LogP contribution in [-0.2, 0) is 6.54 Å². The van der Waals surface area contributed by atoms with Crippen molar-refractivity contribution in [2.24, 2.45) is 0 Å². The van der Waals surface area contributed by atoms with Crippen LogP contribution < -0.4 is 5.32 Å². The van der Waals surface area contributed by atoms with Crippen LogP contribution in [-0.4, -0.2) is 11.5 Å². The van der Waals surface area contributed by atoms with E-state index in [2.05, 4.69) is 16.2 Å². The van der Waals surface area contributed by atoms with E-state index in [1.165, 1.54) is 12.1 Å². The normalized spacial score (nSPS) is 10.4. The van der Waals surface area contributed by atoms with Crippen LogP contribution >= 0.6 is 11.3 Å². The first-order valence-corrected chi connectivity index (χ1v) is 7.52. The molecule has 1 N–H and O–H groups in total. The largest absolute Gasteiger partial charge is 0.311 e. The molecule has 0 radical (unpaired) electrons. The first-order valence-electron chi connectivity index (χ1n) is 6.64. The predicted octanol–water partition coefficient (Wildman–Crippen LogP) is 3.84. The number of benzene rings is 1. The van der Waals surface area contributed by atoms with E-state index in [-0.39, 0.29) is 5.82 Å². The van der Waals surface area contributed by atoms with Gasteiger partial charge in [-0.1, -0.05) is 0 Å². The average molecular weight is 288 g/mol. The Morgan fingerprint density at radius 3 is 2.80 bits per heavy atom. The fourth-order valence-electron chi connectivity index (χ4n) is 1.81. The van der Waals surface area contributed by atoms with Crippen molar-refractivity contribution in [2.75, 3.05) is 6.54 Å². The van der Waals surface area contributed by atoms with Crippen LogP contribution in [0.3, 0.4) is 0 Å². The number of nitrogens with one attached hydrogen (secondary N) is 1. The number of rotatable bonds is 7. The molecule has 104 valence electrons. The molecule has 0 aliphatic rings. The van der Waals surface area contributed by atoms with Gasteiger partial charge in [-0.2, -0.15) is 0 Å². The maximum Gasteiger partial charge on any atom is 0.123 e. The van der Waals surface area contributed by atoms with Crippen LogP contribution in [0.25, 0.3) is 10.6 Å². The molecular weight excluding hydrogens is 271 g/mol. The molecule has 1 heterocycles. The highest BCUT2D eigenvalue weighted by atomic mass is 32.1. The van der Waals surface area contributed by atoms with Crippen molar-refractivity contribution in [1.29, 1.82) is 0 Å². The molecule has 4 heteroatoms. The van der Waals surface area contributed by atoms with E-state index < -0.39 is 0 Å². The lowest BCUT2D eigenvalue weighted by atomic mass is 10.2. The van der Waals surface area contributed by atoms with Crippen molar-refractivity contribution in [3.8, 4) is 22.9 Å². The fourth-order valence-corrected chi connectivity index (χ4v) is 2.63. The topological polar surface area (TPSA) is 24.9 Å². The lowest BCUT2D eigenvalue weighted by molar-refractivity contribution is 0.624. The molecule has 0 fully saturated rings. The molecule has 0 spiro atoms. The van der Waals surface area contributed by atoms with Gasteiger partial charge in [0, 0.05) is 23.9 Å². The minimum atomic E-state index is -0.223. The standard InChI is InChI=1S/C16H17FN2S/c1-2-3-4-5-10-18-11-15-12-20-16(19-15)13-6-8-14(17)9-7-13/h1,6-9,12,18H,3-5,10-11H2. The number of unbranched alkanes of at least 4 members (excludes halogenated alkanes) is 2. The quantitative estimate of drug-likeness (QED) is 0.618. The maximum absolute atomic E-state index is 12.9. The Bertz CT molecular complexity index is 569. The van der Waals surface area contributed by atoms with Crippen LogP contribution in [0.5, 0.6) is 0 Å². The summed E-state index contributed by atoms with van der Waals surface area (Å²) in [6.45, 7) is 1.71. The number of nitrogens with zero attached hydrogens (tertiary/aromatic N) is 1. The Hall–Kier alpha value is -1.70. The summed E-state index contributed by atoms with van der Waals surface area (Å²) >= 11 is 1.58. The van der Waals surface area contributed by atoms with E-state index in [4.69, 9.17) is 6.42 Å². The van der Waals surface area contributed by atoms with Gasteiger partial charge in [-0.25, -0.2) is 9.37 Å². The van der Waals surface area contributed by atoms with Crippen molar-refractivity contribution in [1.82, 2.24) is 10.3 Å². The zero-order chi connectivity index (χ0) is 14.2. The highest BCUT2D eigenvalue weighted by Gasteiger charge is 2.04. The minimum Gasteiger partial charge on any atom is -0.311 e. The monoisotopic (exact) mass is 288 g/mol. The van der Waals surface area contributed by atoms with Crippen molar-refractivity contribution >= 4 is 11.3 Å². The highest BCUT2D eigenvalue weighted by molar-refractivity contribution is 7.13. The number of thiazole rings is 1. The third-order valence-corrected chi connectivity index (χ3v) is 3.81. The van der Waals surface area contributed by atoms with Crippen LogP contribution in [0.2, 0.25) is 0 Å². The van der Waals surface area contributed by atoms with Gasteiger partial charge in [-0.05, 0) is 43.7 Å². The van der Waals surface area contributed by atoms with Gasteiger partial charge in [0.05, 0.1) is 5.69 Å². The summed E-state index contributed by atoms with van der Waals surface area (Å²) in [6.07, 6.45) is 8.18. The predicted molar refractivity (Wildman–Crippen MR) is 81.9 cm³/mol. The van der Waals surface area contributed by atoms with E-state index >= 15 is 0 Å². The molecule has 0 aliphatic carbocycles. The zero-order valence-electron chi connectivity index (χ0n) is 11.2. The first kappa shape index (κ1) is 14.7. The zero-order valence-corrected chi connectivity index (χ0v) is 12.0. The van der Waals surface area contributed by atoms with E-state index in [1.807, 2.05) is 5.38 Å². The first-order chi connectivity index (χ1) is 9.79. The van der Waals surface area contributed by atoms with Gasteiger partial charge < -0.3 is 5.32 Å². The highest BCUT2D eigenvalue weighted by Crippen LogP contribution is 2.23. The minimum absolute atomic E-state index is 0.223. The molecule has 20 heavy (non-hydrogen) atoms. The third-order valence-electron chi connectivity index (χ3n) is 2.87. The van der Waals surface area contributed by atoms with Gasteiger partial charge >= 0.3 is 0 Å². The summed E-state index contributed by atoms with van der Waals surface area (Å²) in [5.41, 5.74) is 1.97. The maximum atomic E-state index is 12.9. The third kappa shape index (κ3) is 4.44. The molecule has 2 aromatic rings. The van der Waals surface area contributed by atoms with Crippen molar-refractivity contribution in [3.05, 3.63) is 41.2 Å². The van der Waals surface area contributed by atoms with Gasteiger partial charge in [0.2, 0.25) is 0 Å². The summed E-state index contributed by atoms with van der Waals surface area (Å²) in [5.74, 6) is 2.41. The molecule has 0 amide bonds. The molecular formula is C16H17FN2S. The second kappa shape index (κ2) is 7.78. The second-order valence-electron chi connectivity index (χ2n) is 4.49. The number of aromatic nitrogens is 1. The number of hydrogen-bond acceptors (Lipinski definition) is 3. The SMILES string of the molecule is C#CCCCCNCc1csc(-c2ccc(F)cc2)n1. The number of hydrogen-bond donors (Lipinski definition) is 1. The van der Waals surface area contributed by atoms with Crippen molar-refractivity contribution < 1.29 is 4.39 Å². The lowest BCUT2D eigenvalue weighted by Crippen LogP contribution is -2.14. The molecule has 0 unspecified atom stereocenters. The van der Waals surface area contributed by atoms with E-state index in [0.29, 0.717) is 0 Å². The molecule has 0 atom stereocenters. The van der Waals surface area contributed by atoms with E-state index in [1.54, 1.807) is 23.5 Å². The lowest BCUT2D eigenvalue weighted by Gasteiger charge is -2.01. The van der Waals surface area contributed by atoms with E-state index in [9.17, 15) is 4.39 Å². The van der Waals surface area contributed by atoms with Gasteiger partial charge in [0.25, 0.3) is 0 Å². The Labute approximate surface area is 123 Å². The van der Waals surface area contributed by atoms with E-state index in [0.717, 1.165) is 48.6 Å². The Kier molecular flexibility index (Phi) is 5.72. The second-order valence-corrected chi connectivity index (χ2v) is 5.35. The smallest absolute Gasteiger partial charge is 0.123 e. The average Bonchev–Trinajstić information content (AvgIpc) is 2.92. The van der Waals surface area contributed by atoms with Gasteiger partial charge in [-0.15, -0.1) is 23.7 Å². The summed E-state index contributed by atoms with van der Waals surface area (Å²) in [7, 11) is 0. The molecule has 0 saturated carbocycles. The molecule has 0 aliphatic heterocycles. The number of halogens is 1. The Morgan fingerprint density at radius 2 is 2.05 bits per heavy atom. The van der Waals surface area contributed by atoms with Gasteiger partial charge in [0.15, 0.2) is 0 Å². The van der Waals surface area contributed by atoms with Gasteiger partial charge in [0.1, 0.15) is 10.8 Å². The van der Waals surface area contributed by atoms with Crippen molar-refractivity contribution in [3.63, 3.8) is 0 Å². The van der Waals surface area contributed by atoms with Gasteiger partial charge in [-0.3, -0.25) is 0 Å². The van der Waals surface area contributed by atoms with Crippen LogP contribution in [0, 0.1) is 18.2 Å². The van der Waals surface area contributed by atoms with Crippen LogP contribution in [0.1, 0.15) is 25.0 Å². The summed E-state index contributed by atoms with van der Waals surface area (Å²) in [4.78, 5) is 4.55. The molecule has 0 bridgehead atoms. The number of terminal acetylenes is 1. The molecule has 2 nitrogen and oxygen atoms in total. The molecule has 0 saturated heterocycles. The summed E-state index contributed by atoms with van der Waals surface area (Å²) < 4.78 is 12.9. The molecule has 1 aromatic carbocycles. The van der Waals surface area contributed by atoms with Crippen LogP contribution in [0.15, 0.2) is 29.6 Å². The summed E-state index contributed by atoms with van der Waals surface area (Å²) in [5, 5.41) is 6.31.